The zero-order valence-corrected chi connectivity index (χ0v) is 13.3. The number of nitrogens with zero attached hydrogens (tertiary/aromatic N) is 1. The molecule has 0 spiro atoms. The van der Waals surface area contributed by atoms with Gasteiger partial charge >= 0.3 is 0 Å². The average molecular weight is 283 g/mol. The van der Waals surface area contributed by atoms with E-state index in [0.717, 1.165) is 31.6 Å². The van der Waals surface area contributed by atoms with Gasteiger partial charge in [-0.3, -0.25) is 0 Å². The van der Waals surface area contributed by atoms with Crippen molar-refractivity contribution in [3.05, 3.63) is 65.2 Å². The van der Waals surface area contributed by atoms with E-state index >= 15 is 0 Å². The van der Waals surface area contributed by atoms with Crippen molar-refractivity contribution in [2.45, 2.75) is 19.3 Å². The molecule has 0 saturated heterocycles. The predicted molar refractivity (Wildman–Crippen MR) is 89.1 cm³/mol. The highest BCUT2D eigenvalue weighted by Gasteiger charge is 2.05. The largest absolute Gasteiger partial charge is 0.496 e. The molecule has 2 rings (SSSR count). The Morgan fingerprint density at radius 2 is 1.71 bits per heavy atom. The van der Waals surface area contributed by atoms with Crippen molar-refractivity contribution in [1.82, 2.24) is 4.90 Å². The second kappa shape index (κ2) is 7.84. The summed E-state index contributed by atoms with van der Waals surface area (Å²) < 4.78 is 5.49. The van der Waals surface area contributed by atoms with E-state index < -0.39 is 0 Å². The first-order valence-electron chi connectivity index (χ1n) is 7.53. The summed E-state index contributed by atoms with van der Waals surface area (Å²) in [7, 11) is 5.98. The van der Waals surface area contributed by atoms with Gasteiger partial charge in [0, 0.05) is 0 Å². The Balaban J connectivity index is 2.09. The van der Waals surface area contributed by atoms with E-state index in [1.807, 2.05) is 0 Å². The third-order valence-corrected chi connectivity index (χ3v) is 3.65. The van der Waals surface area contributed by atoms with Gasteiger partial charge in [0.05, 0.1) is 7.11 Å². The summed E-state index contributed by atoms with van der Waals surface area (Å²) >= 11 is 0. The molecule has 2 nitrogen and oxygen atoms in total. The Bertz CT molecular complexity index is 549. The maximum atomic E-state index is 5.49. The summed E-state index contributed by atoms with van der Waals surface area (Å²) in [5, 5.41) is 0. The van der Waals surface area contributed by atoms with Crippen molar-refractivity contribution in [1.29, 1.82) is 0 Å². The van der Waals surface area contributed by atoms with Crippen LogP contribution in [0.3, 0.4) is 0 Å². The highest BCUT2D eigenvalue weighted by Crippen LogP contribution is 2.23. The van der Waals surface area contributed by atoms with Crippen LogP contribution in [0.5, 0.6) is 5.75 Å². The van der Waals surface area contributed by atoms with Gasteiger partial charge in [-0.1, -0.05) is 42.5 Å². The number of hydrogen-bond donors (Lipinski definition) is 0. The Hall–Kier alpha value is -1.80. The topological polar surface area (TPSA) is 12.5 Å². The highest BCUT2D eigenvalue weighted by molar-refractivity contribution is 5.39. The first-order valence-corrected chi connectivity index (χ1v) is 7.53. The van der Waals surface area contributed by atoms with Crippen molar-refractivity contribution in [2.24, 2.45) is 0 Å². The fourth-order valence-corrected chi connectivity index (χ4v) is 2.55. The first kappa shape index (κ1) is 15.6. The third kappa shape index (κ3) is 4.91. The molecule has 2 heteroatoms. The van der Waals surface area contributed by atoms with Crippen LogP contribution in [0.2, 0.25) is 0 Å². The van der Waals surface area contributed by atoms with Gasteiger partial charge < -0.3 is 9.64 Å². The Morgan fingerprint density at radius 3 is 2.38 bits per heavy atom. The Kier molecular flexibility index (Phi) is 5.82. The molecule has 0 radical (unpaired) electrons. The molecule has 2 aromatic rings. The van der Waals surface area contributed by atoms with E-state index in [1.54, 1.807) is 7.11 Å². The normalized spacial score (nSPS) is 10.9. The minimum Gasteiger partial charge on any atom is -0.496 e. The van der Waals surface area contributed by atoms with Gasteiger partial charge in [-0.05, 0) is 62.7 Å². The van der Waals surface area contributed by atoms with Gasteiger partial charge in [0.2, 0.25) is 0 Å². The van der Waals surface area contributed by atoms with Gasteiger partial charge in [0.25, 0.3) is 0 Å². The van der Waals surface area contributed by atoms with E-state index in [1.165, 1.54) is 16.7 Å². The molecule has 0 fully saturated rings. The van der Waals surface area contributed by atoms with Crippen LogP contribution in [0.15, 0.2) is 48.5 Å². The lowest BCUT2D eigenvalue weighted by Gasteiger charge is -2.13. The van der Waals surface area contributed by atoms with E-state index in [9.17, 15) is 0 Å². The minimum absolute atomic E-state index is 0.978. The summed E-state index contributed by atoms with van der Waals surface area (Å²) in [5.41, 5.74) is 4.01. The monoisotopic (exact) mass is 283 g/mol. The minimum atomic E-state index is 0.978. The number of ether oxygens (including phenoxy) is 1. The molecule has 0 aliphatic heterocycles. The fourth-order valence-electron chi connectivity index (χ4n) is 2.55. The molecule has 2 aromatic carbocycles. The van der Waals surface area contributed by atoms with E-state index in [4.69, 9.17) is 4.74 Å². The molecule has 0 amide bonds. The van der Waals surface area contributed by atoms with Crippen LogP contribution in [0.1, 0.15) is 23.1 Å². The molecular formula is C19H25NO. The van der Waals surface area contributed by atoms with Crippen molar-refractivity contribution in [2.75, 3.05) is 27.7 Å². The van der Waals surface area contributed by atoms with Gasteiger partial charge in [-0.25, -0.2) is 0 Å². The number of rotatable bonds is 7. The Morgan fingerprint density at radius 1 is 0.952 bits per heavy atom. The van der Waals surface area contributed by atoms with E-state index in [-0.39, 0.29) is 0 Å². The van der Waals surface area contributed by atoms with Crippen LogP contribution < -0.4 is 4.74 Å². The molecule has 0 saturated carbocycles. The molecule has 0 aliphatic rings. The molecular weight excluding hydrogens is 258 g/mol. The summed E-state index contributed by atoms with van der Waals surface area (Å²) in [4.78, 5) is 2.22. The summed E-state index contributed by atoms with van der Waals surface area (Å²) in [6.07, 6.45) is 3.19. The highest BCUT2D eigenvalue weighted by atomic mass is 16.5. The maximum absolute atomic E-state index is 5.49. The first-order chi connectivity index (χ1) is 10.2. The molecule has 0 unspecified atom stereocenters. The molecule has 21 heavy (non-hydrogen) atoms. The molecule has 0 bridgehead atoms. The summed E-state index contributed by atoms with van der Waals surface area (Å²) in [5.74, 6) is 1.01. The van der Waals surface area contributed by atoms with Crippen LogP contribution in [0.4, 0.5) is 0 Å². The molecule has 0 atom stereocenters. The number of aryl methyl sites for hydroxylation is 1. The fraction of sp³-hybridized carbons (Fsp3) is 0.368. The predicted octanol–water partition coefficient (Wildman–Crippen LogP) is 3.78. The van der Waals surface area contributed by atoms with Gasteiger partial charge in [0.1, 0.15) is 5.75 Å². The summed E-state index contributed by atoms with van der Waals surface area (Å²) in [6, 6.07) is 17.2. The maximum Gasteiger partial charge on any atom is 0.122 e. The molecule has 0 aliphatic carbocycles. The quantitative estimate of drug-likeness (QED) is 0.767. The van der Waals surface area contributed by atoms with Crippen LogP contribution in [0, 0.1) is 0 Å². The van der Waals surface area contributed by atoms with Crippen LogP contribution in [-0.2, 0) is 12.8 Å². The standard InChI is InChI=1S/C19H25NO/c1-20(2)13-7-10-18-15-17(11-12-19(18)21-3)14-16-8-5-4-6-9-16/h4-6,8-9,11-12,15H,7,10,13-14H2,1-3H3. The van der Waals surface area contributed by atoms with Crippen molar-refractivity contribution in [3.63, 3.8) is 0 Å². The lowest BCUT2D eigenvalue weighted by Crippen LogP contribution is -2.13. The number of benzene rings is 2. The van der Waals surface area contributed by atoms with Crippen LogP contribution in [0.25, 0.3) is 0 Å². The molecule has 0 heterocycles. The van der Waals surface area contributed by atoms with Gasteiger partial charge in [-0.15, -0.1) is 0 Å². The van der Waals surface area contributed by atoms with Crippen molar-refractivity contribution >= 4 is 0 Å². The molecule has 0 N–H and O–H groups in total. The van der Waals surface area contributed by atoms with E-state index in [0.29, 0.717) is 0 Å². The second-order valence-corrected chi connectivity index (χ2v) is 5.72. The lowest BCUT2D eigenvalue weighted by atomic mass is 10.00. The number of hydrogen-bond acceptors (Lipinski definition) is 2. The second-order valence-electron chi connectivity index (χ2n) is 5.72. The summed E-state index contributed by atoms with van der Waals surface area (Å²) in [6.45, 7) is 1.10. The average Bonchev–Trinajstić information content (AvgIpc) is 2.48. The Labute approximate surface area is 128 Å². The zero-order chi connectivity index (χ0) is 15.1. The smallest absolute Gasteiger partial charge is 0.122 e. The number of methoxy groups -OCH3 is 1. The van der Waals surface area contributed by atoms with Gasteiger partial charge in [-0.2, -0.15) is 0 Å². The van der Waals surface area contributed by atoms with Crippen LogP contribution in [-0.4, -0.2) is 32.6 Å². The SMILES string of the molecule is COc1ccc(Cc2ccccc2)cc1CCCN(C)C. The van der Waals surface area contributed by atoms with Crippen molar-refractivity contribution in [3.8, 4) is 5.75 Å². The van der Waals surface area contributed by atoms with Crippen molar-refractivity contribution < 1.29 is 4.74 Å². The third-order valence-electron chi connectivity index (χ3n) is 3.65. The zero-order valence-electron chi connectivity index (χ0n) is 13.3. The molecule has 0 aromatic heterocycles. The molecule has 112 valence electrons. The van der Waals surface area contributed by atoms with Gasteiger partial charge in [0.15, 0.2) is 0 Å². The van der Waals surface area contributed by atoms with E-state index in [2.05, 4.69) is 67.5 Å². The van der Waals surface area contributed by atoms with Crippen LogP contribution >= 0.6 is 0 Å². The lowest BCUT2D eigenvalue weighted by molar-refractivity contribution is 0.391.